The molecule has 1 aliphatic rings. The molecule has 0 aromatic carbocycles. The van der Waals surface area contributed by atoms with Crippen LogP contribution >= 0.6 is 0 Å². The van der Waals surface area contributed by atoms with E-state index in [1.807, 2.05) is 0 Å². The molecule has 0 aliphatic carbocycles. The van der Waals surface area contributed by atoms with Crippen LogP contribution < -0.4 is 0 Å². The van der Waals surface area contributed by atoms with Crippen molar-refractivity contribution in [1.29, 1.82) is 0 Å². The molecule has 8 nitrogen and oxygen atoms in total. The molecule has 5 atom stereocenters. The van der Waals surface area contributed by atoms with Crippen LogP contribution in [0, 0.1) is 0 Å². The molecule has 0 amide bonds. The van der Waals surface area contributed by atoms with Crippen LogP contribution in [-0.2, 0) is 33.3 Å². The molecular formula is C13H20O8. The summed E-state index contributed by atoms with van der Waals surface area (Å²) in [5.41, 5.74) is 0. The highest BCUT2D eigenvalue weighted by Crippen LogP contribution is 2.29. The minimum absolute atomic E-state index is 0.402. The van der Waals surface area contributed by atoms with Crippen LogP contribution in [0.1, 0.15) is 34.1 Å². The molecule has 21 heavy (non-hydrogen) atoms. The molecule has 5 unspecified atom stereocenters. The quantitative estimate of drug-likeness (QED) is 0.567. The Labute approximate surface area is 122 Å². The van der Waals surface area contributed by atoms with E-state index in [1.165, 1.54) is 13.8 Å². The Morgan fingerprint density at radius 2 is 1.33 bits per heavy atom. The zero-order chi connectivity index (χ0) is 16.2. The summed E-state index contributed by atoms with van der Waals surface area (Å²) in [6.45, 7) is 5.26. The van der Waals surface area contributed by atoms with Gasteiger partial charge in [0.2, 0.25) is 0 Å². The van der Waals surface area contributed by atoms with Crippen LogP contribution in [0.3, 0.4) is 0 Å². The first-order valence-electron chi connectivity index (χ1n) is 6.61. The van der Waals surface area contributed by atoms with Crippen molar-refractivity contribution in [3.63, 3.8) is 0 Å². The molecule has 0 aromatic heterocycles. The van der Waals surface area contributed by atoms with E-state index >= 15 is 0 Å². The fourth-order valence-electron chi connectivity index (χ4n) is 2.20. The van der Waals surface area contributed by atoms with Crippen molar-refractivity contribution in [2.75, 3.05) is 0 Å². The van der Waals surface area contributed by atoms with Crippen LogP contribution in [0.4, 0.5) is 0 Å². The van der Waals surface area contributed by atoms with Gasteiger partial charge in [-0.3, -0.25) is 14.4 Å². The van der Waals surface area contributed by atoms with E-state index in [1.54, 1.807) is 6.92 Å². The minimum Gasteiger partial charge on any atom is -0.456 e. The van der Waals surface area contributed by atoms with Gasteiger partial charge >= 0.3 is 17.9 Å². The number of carbonyl (C=O) groups excluding carboxylic acids is 3. The van der Waals surface area contributed by atoms with Gasteiger partial charge in [-0.05, 0) is 6.42 Å². The number of hydrogen-bond acceptors (Lipinski definition) is 8. The lowest BCUT2D eigenvalue weighted by molar-refractivity contribution is -0.291. The van der Waals surface area contributed by atoms with Gasteiger partial charge in [-0.2, -0.15) is 0 Å². The first-order chi connectivity index (χ1) is 9.76. The second kappa shape index (κ2) is 7.37. The van der Waals surface area contributed by atoms with Gasteiger partial charge in [-0.25, -0.2) is 0 Å². The number of carbonyl (C=O) groups is 3. The molecule has 120 valence electrons. The standard InChI is InChI=1S/C13H20O8/c1-5-9-10(18-6(2)14)11(19-7(3)15)12(13(17)21-9)20-8(4)16/h9-13,17H,5H2,1-4H3. The van der Waals surface area contributed by atoms with E-state index in [2.05, 4.69) is 0 Å². The molecule has 0 saturated carbocycles. The van der Waals surface area contributed by atoms with Crippen molar-refractivity contribution < 1.29 is 38.4 Å². The molecule has 0 bridgehead atoms. The summed E-state index contributed by atoms with van der Waals surface area (Å²) in [4.78, 5) is 33.6. The first-order valence-corrected chi connectivity index (χ1v) is 6.61. The average molecular weight is 304 g/mol. The molecule has 1 fully saturated rings. The monoisotopic (exact) mass is 304 g/mol. The molecule has 1 aliphatic heterocycles. The van der Waals surface area contributed by atoms with Crippen LogP contribution in [0.5, 0.6) is 0 Å². The van der Waals surface area contributed by atoms with E-state index in [0.717, 1.165) is 6.92 Å². The smallest absolute Gasteiger partial charge is 0.303 e. The molecule has 1 heterocycles. The normalized spacial score (nSPS) is 32.1. The lowest BCUT2D eigenvalue weighted by Crippen LogP contribution is -2.61. The lowest BCUT2D eigenvalue weighted by Gasteiger charge is -2.42. The van der Waals surface area contributed by atoms with Crippen LogP contribution in [-0.4, -0.2) is 53.7 Å². The highest BCUT2D eigenvalue weighted by atomic mass is 16.7. The molecule has 1 saturated heterocycles. The maximum atomic E-state index is 11.3. The molecule has 0 radical (unpaired) electrons. The Morgan fingerprint density at radius 3 is 1.76 bits per heavy atom. The van der Waals surface area contributed by atoms with Gasteiger partial charge in [0.25, 0.3) is 0 Å². The fourth-order valence-corrected chi connectivity index (χ4v) is 2.20. The third-order valence-electron chi connectivity index (χ3n) is 2.92. The van der Waals surface area contributed by atoms with Crippen molar-refractivity contribution in [2.24, 2.45) is 0 Å². The minimum atomic E-state index is -1.48. The van der Waals surface area contributed by atoms with Gasteiger partial charge in [-0.1, -0.05) is 6.92 Å². The van der Waals surface area contributed by atoms with Gasteiger partial charge in [0.05, 0.1) is 0 Å². The third kappa shape index (κ3) is 4.68. The Hall–Kier alpha value is -1.67. The van der Waals surface area contributed by atoms with Gasteiger partial charge in [0.1, 0.15) is 6.10 Å². The van der Waals surface area contributed by atoms with E-state index in [9.17, 15) is 19.5 Å². The summed E-state index contributed by atoms with van der Waals surface area (Å²) >= 11 is 0. The van der Waals surface area contributed by atoms with Gasteiger partial charge < -0.3 is 24.1 Å². The summed E-state index contributed by atoms with van der Waals surface area (Å²) in [5.74, 6) is -1.94. The Morgan fingerprint density at radius 1 is 0.905 bits per heavy atom. The third-order valence-corrected chi connectivity index (χ3v) is 2.92. The van der Waals surface area contributed by atoms with Crippen molar-refractivity contribution in [2.45, 2.75) is 64.8 Å². The summed E-state index contributed by atoms with van der Waals surface area (Å²) in [7, 11) is 0. The SMILES string of the molecule is CCC1OC(O)C(OC(C)=O)C(OC(C)=O)C1OC(C)=O. The average Bonchev–Trinajstić information content (AvgIpc) is 2.35. The summed E-state index contributed by atoms with van der Waals surface area (Å²) < 4.78 is 20.4. The Bertz CT molecular complexity index is 407. The predicted molar refractivity (Wildman–Crippen MR) is 67.8 cm³/mol. The highest BCUT2D eigenvalue weighted by molar-refractivity contribution is 5.68. The second-order valence-corrected chi connectivity index (χ2v) is 4.70. The van der Waals surface area contributed by atoms with E-state index in [-0.39, 0.29) is 0 Å². The van der Waals surface area contributed by atoms with Crippen molar-refractivity contribution >= 4 is 17.9 Å². The topological polar surface area (TPSA) is 108 Å². The molecule has 0 spiro atoms. The second-order valence-electron chi connectivity index (χ2n) is 4.70. The van der Waals surface area contributed by atoms with E-state index < -0.39 is 48.6 Å². The van der Waals surface area contributed by atoms with Crippen molar-refractivity contribution in [3.8, 4) is 0 Å². The zero-order valence-electron chi connectivity index (χ0n) is 12.4. The Kier molecular flexibility index (Phi) is 6.10. The highest BCUT2D eigenvalue weighted by Gasteiger charge is 2.50. The number of aliphatic hydroxyl groups is 1. The molecule has 8 heteroatoms. The maximum absolute atomic E-state index is 11.3. The van der Waals surface area contributed by atoms with Gasteiger partial charge in [-0.15, -0.1) is 0 Å². The molecule has 0 aromatic rings. The number of hydrogen-bond donors (Lipinski definition) is 1. The van der Waals surface area contributed by atoms with Gasteiger partial charge in [0.15, 0.2) is 24.6 Å². The molecule has 1 N–H and O–H groups in total. The first kappa shape index (κ1) is 17.4. The lowest BCUT2D eigenvalue weighted by atomic mass is 9.96. The number of rotatable bonds is 4. The van der Waals surface area contributed by atoms with Crippen molar-refractivity contribution in [1.82, 2.24) is 0 Å². The summed E-state index contributed by atoms with van der Waals surface area (Å²) in [6.07, 6.45) is -5.12. The molecule has 1 rings (SSSR count). The van der Waals surface area contributed by atoms with Crippen LogP contribution in [0.25, 0.3) is 0 Å². The van der Waals surface area contributed by atoms with Crippen molar-refractivity contribution in [3.05, 3.63) is 0 Å². The maximum Gasteiger partial charge on any atom is 0.303 e. The fraction of sp³-hybridized carbons (Fsp3) is 0.769. The Balaban J connectivity index is 3.08. The summed E-state index contributed by atoms with van der Waals surface area (Å²) in [6, 6.07) is 0. The van der Waals surface area contributed by atoms with E-state index in [0.29, 0.717) is 6.42 Å². The number of esters is 3. The predicted octanol–water partition coefficient (Wildman–Crippen LogP) is -0.0913. The zero-order valence-corrected chi connectivity index (χ0v) is 12.4. The van der Waals surface area contributed by atoms with E-state index in [4.69, 9.17) is 18.9 Å². The number of aliphatic hydroxyl groups excluding tert-OH is 1. The van der Waals surface area contributed by atoms with Crippen LogP contribution in [0.15, 0.2) is 0 Å². The number of ether oxygens (including phenoxy) is 4. The molecular weight excluding hydrogens is 284 g/mol. The largest absolute Gasteiger partial charge is 0.456 e. The van der Waals surface area contributed by atoms with Crippen LogP contribution in [0.2, 0.25) is 0 Å². The van der Waals surface area contributed by atoms with Gasteiger partial charge in [0, 0.05) is 20.8 Å². The summed E-state index contributed by atoms with van der Waals surface area (Å²) in [5, 5.41) is 9.92.